The maximum Gasteiger partial charge on any atom is 0.281 e. The third-order valence-corrected chi connectivity index (χ3v) is 3.16. The Bertz CT molecular complexity index is 653. The van der Waals surface area contributed by atoms with Crippen LogP contribution in [-0.2, 0) is 4.74 Å². The van der Waals surface area contributed by atoms with Crippen molar-refractivity contribution in [3.63, 3.8) is 0 Å². The first-order valence-electron chi connectivity index (χ1n) is 5.66. The molecule has 0 aromatic carbocycles. The van der Waals surface area contributed by atoms with Gasteiger partial charge in [0.2, 0.25) is 0 Å². The fourth-order valence-electron chi connectivity index (χ4n) is 2.13. The number of hydrogen-bond acceptors (Lipinski definition) is 7. The smallest absolute Gasteiger partial charge is 0.281 e. The fourth-order valence-corrected chi connectivity index (χ4v) is 2.13. The van der Waals surface area contributed by atoms with Crippen molar-refractivity contribution >= 4 is 11.2 Å². The minimum absolute atomic E-state index is 0.181. The Morgan fingerprint density at radius 3 is 2.84 bits per heavy atom. The molecule has 4 atom stereocenters. The number of fused-ring (bicyclic) bond motifs is 1. The SMILES string of the molecule is O=c1c2[nH]cnc2ncn1C1OC(CO)C(O)C1O. The van der Waals surface area contributed by atoms with E-state index in [0.717, 1.165) is 4.57 Å². The van der Waals surface area contributed by atoms with E-state index in [9.17, 15) is 15.0 Å². The topological polar surface area (TPSA) is 133 Å². The quantitative estimate of drug-likeness (QED) is 0.482. The van der Waals surface area contributed by atoms with Gasteiger partial charge in [-0.3, -0.25) is 9.36 Å². The molecule has 0 aliphatic carbocycles. The monoisotopic (exact) mass is 268 g/mol. The zero-order valence-corrected chi connectivity index (χ0v) is 9.67. The molecule has 9 nitrogen and oxygen atoms in total. The minimum atomic E-state index is -1.32. The highest BCUT2D eigenvalue weighted by Gasteiger charge is 2.43. The molecule has 102 valence electrons. The summed E-state index contributed by atoms with van der Waals surface area (Å²) in [7, 11) is 0. The van der Waals surface area contributed by atoms with Crippen molar-refractivity contribution in [2.75, 3.05) is 6.61 Å². The molecule has 0 saturated carbocycles. The van der Waals surface area contributed by atoms with E-state index >= 15 is 0 Å². The van der Waals surface area contributed by atoms with Crippen molar-refractivity contribution in [3.8, 4) is 0 Å². The number of ether oxygens (including phenoxy) is 1. The number of aromatic amines is 1. The second-order valence-electron chi connectivity index (χ2n) is 4.29. The lowest BCUT2D eigenvalue weighted by atomic mass is 10.1. The molecule has 4 N–H and O–H groups in total. The molecule has 1 aliphatic heterocycles. The van der Waals surface area contributed by atoms with Crippen LogP contribution < -0.4 is 5.56 Å². The van der Waals surface area contributed by atoms with E-state index in [-0.39, 0.29) is 11.2 Å². The zero-order chi connectivity index (χ0) is 13.6. The minimum Gasteiger partial charge on any atom is -0.394 e. The van der Waals surface area contributed by atoms with E-state index in [4.69, 9.17) is 9.84 Å². The van der Waals surface area contributed by atoms with Crippen LogP contribution in [-0.4, -0.2) is 59.8 Å². The predicted molar refractivity (Wildman–Crippen MR) is 61.2 cm³/mol. The molecule has 1 aliphatic rings. The van der Waals surface area contributed by atoms with Crippen molar-refractivity contribution in [2.24, 2.45) is 0 Å². The highest BCUT2D eigenvalue weighted by Crippen LogP contribution is 2.28. The number of aliphatic hydroxyl groups excluding tert-OH is 3. The van der Waals surface area contributed by atoms with E-state index in [1.165, 1.54) is 12.7 Å². The summed E-state index contributed by atoms with van der Waals surface area (Å²) < 4.78 is 6.33. The first-order chi connectivity index (χ1) is 9.13. The summed E-state index contributed by atoms with van der Waals surface area (Å²) in [6.45, 7) is -0.455. The number of aliphatic hydroxyl groups is 3. The summed E-state index contributed by atoms with van der Waals surface area (Å²) >= 11 is 0. The summed E-state index contributed by atoms with van der Waals surface area (Å²) in [4.78, 5) is 22.6. The fraction of sp³-hybridized carbons (Fsp3) is 0.500. The molecule has 0 radical (unpaired) electrons. The molecule has 0 amide bonds. The third-order valence-electron chi connectivity index (χ3n) is 3.16. The molecular weight excluding hydrogens is 256 g/mol. The standard InChI is InChI=1S/C10H12N4O5/c15-1-4-6(16)7(17)10(19-4)14-3-13-8-5(9(14)18)11-2-12-8/h2-4,6-7,10,15-17H,1H2,(H,11,12). The average molecular weight is 268 g/mol. The van der Waals surface area contributed by atoms with Crippen molar-refractivity contribution in [1.82, 2.24) is 19.5 Å². The molecule has 2 aromatic rings. The van der Waals surface area contributed by atoms with Crippen LogP contribution in [0.15, 0.2) is 17.4 Å². The number of imidazole rings is 1. The zero-order valence-electron chi connectivity index (χ0n) is 9.67. The van der Waals surface area contributed by atoms with E-state index in [0.29, 0.717) is 0 Å². The molecule has 1 saturated heterocycles. The van der Waals surface area contributed by atoms with Gasteiger partial charge < -0.3 is 25.0 Å². The second-order valence-corrected chi connectivity index (χ2v) is 4.29. The lowest BCUT2D eigenvalue weighted by Gasteiger charge is -2.16. The van der Waals surface area contributed by atoms with Crippen LogP contribution >= 0.6 is 0 Å². The maximum atomic E-state index is 12.1. The normalized spacial score (nSPS) is 31.1. The van der Waals surface area contributed by atoms with Crippen LogP contribution in [0.3, 0.4) is 0 Å². The van der Waals surface area contributed by atoms with Crippen LogP contribution in [0.1, 0.15) is 6.23 Å². The van der Waals surface area contributed by atoms with E-state index < -0.39 is 36.7 Å². The van der Waals surface area contributed by atoms with Crippen LogP contribution in [0.4, 0.5) is 0 Å². The van der Waals surface area contributed by atoms with Gasteiger partial charge in [0.15, 0.2) is 17.4 Å². The van der Waals surface area contributed by atoms with Gasteiger partial charge in [-0.2, -0.15) is 0 Å². The van der Waals surface area contributed by atoms with E-state index in [1.807, 2.05) is 0 Å². The maximum absolute atomic E-state index is 12.1. The molecule has 2 aromatic heterocycles. The third kappa shape index (κ3) is 1.75. The van der Waals surface area contributed by atoms with Gasteiger partial charge in [0, 0.05) is 0 Å². The van der Waals surface area contributed by atoms with Gasteiger partial charge in [-0.1, -0.05) is 0 Å². The lowest BCUT2D eigenvalue weighted by molar-refractivity contribution is -0.0546. The Balaban J connectivity index is 2.05. The van der Waals surface area contributed by atoms with Gasteiger partial charge in [0.1, 0.15) is 24.6 Å². The molecule has 1 fully saturated rings. The highest BCUT2D eigenvalue weighted by atomic mass is 16.6. The van der Waals surface area contributed by atoms with Crippen molar-refractivity contribution < 1.29 is 20.1 Å². The van der Waals surface area contributed by atoms with E-state index in [2.05, 4.69) is 15.0 Å². The largest absolute Gasteiger partial charge is 0.394 e. The van der Waals surface area contributed by atoms with Crippen LogP contribution in [0.2, 0.25) is 0 Å². The highest BCUT2D eigenvalue weighted by molar-refractivity contribution is 5.67. The number of nitrogens with zero attached hydrogens (tertiary/aromatic N) is 3. The molecule has 0 spiro atoms. The van der Waals surface area contributed by atoms with Gasteiger partial charge in [-0.15, -0.1) is 0 Å². The van der Waals surface area contributed by atoms with Crippen molar-refractivity contribution in [3.05, 3.63) is 23.0 Å². The van der Waals surface area contributed by atoms with Gasteiger partial charge in [0.25, 0.3) is 5.56 Å². The summed E-state index contributed by atoms with van der Waals surface area (Å²) in [5, 5.41) is 28.5. The number of H-pyrrole nitrogens is 1. The van der Waals surface area contributed by atoms with Crippen LogP contribution in [0.25, 0.3) is 11.2 Å². The van der Waals surface area contributed by atoms with Gasteiger partial charge in [0.05, 0.1) is 12.9 Å². The summed E-state index contributed by atoms with van der Waals surface area (Å²) in [5.74, 6) is 0. The van der Waals surface area contributed by atoms with Gasteiger partial charge in [-0.05, 0) is 0 Å². The second kappa shape index (κ2) is 4.38. The molecule has 4 unspecified atom stereocenters. The van der Waals surface area contributed by atoms with Gasteiger partial charge in [-0.25, -0.2) is 9.97 Å². The molecule has 3 heterocycles. The molecule has 9 heteroatoms. The summed E-state index contributed by atoms with van der Waals surface area (Å²) in [5.41, 5.74) is -0.0365. The first-order valence-corrected chi connectivity index (χ1v) is 5.66. The Labute approximate surface area is 106 Å². The first kappa shape index (κ1) is 12.2. The van der Waals surface area contributed by atoms with Crippen molar-refractivity contribution in [2.45, 2.75) is 24.5 Å². The van der Waals surface area contributed by atoms with Gasteiger partial charge >= 0.3 is 0 Å². The number of aromatic nitrogens is 4. The molecule has 0 bridgehead atoms. The summed E-state index contributed by atoms with van der Waals surface area (Å²) in [6, 6.07) is 0. The Kier molecular flexibility index (Phi) is 2.82. The predicted octanol–water partition coefficient (Wildman–Crippen LogP) is -2.27. The summed E-state index contributed by atoms with van der Waals surface area (Å²) in [6.07, 6.45) is -2.10. The average Bonchev–Trinajstić information content (AvgIpc) is 2.98. The molecule has 3 rings (SSSR count). The van der Waals surface area contributed by atoms with Crippen LogP contribution in [0.5, 0.6) is 0 Å². The molecule has 19 heavy (non-hydrogen) atoms. The Morgan fingerprint density at radius 1 is 1.37 bits per heavy atom. The Hall–Kier alpha value is -1.81. The Morgan fingerprint density at radius 2 is 2.16 bits per heavy atom. The van der Waals surface area contributed by atoms with Crippen molar-refractivity contribution in [1.29, 1.82) is 0 Å². The number of rotatable bonds is 2. The lowest BCUT2D eigenvalue weighted by Crippen LogP contribution is -2.35. The number of nitrogens with one attached hydrogen (secondary N) is 1. The van der Waals surface area contributed by atoms with E-state index in [1.54, 1.807) is 0 Å². The number of hydrogen-bond donors (Lipinski definition) is 4. The molecular formula is C10H12N4O5. The van der Waals surface area contributed by atoms with Crippen LogP contribution in [0, 0.1) is 0 Å².